The highest BCUT2D eigenvalue weighted by Crippen LogP contribution is 2.16. The number of aromatic nitrogens is 1. The highest BCUT2D eigenvalue weighted by molar-refractivity contribution is 5.86. The van der Waals surface area contributed by atoms with E-state index in [-0.39, 0.29) is 0 Å². The van der Waals surface area contributed by atoms with Crippen LogP contribution in [0.5, 0.6) is 0 Å². The number of rotatable bonds is 4. The Kier molecular flexibility index (Phi) is 3.74. The van der Waals surface area contributed by atoms with E-state index in [1.54, 1.807) is 0 Å². The summed E-state index contributed by atoms with van der Waals surface area (Å²) in [4.78, 5) is 4.28. The minimum atomic E-state index is 0.406. The molecule has 78 valence electrons. The predicted molar refractivity (Wildman–Crippen MR) is 62.0 cm³/mol. The number of nitrogens with zero attached hydrogens (tertiary/aromatic N) is 2. The molecule has 0 atom stereocenters. The largest absolute Gasteiger partial charge is 0.385 e. The van der Waals surface area contributed by atoms with Crippen LogP contribution in [0.1, 0.15) is 38.8 Å². The first-order valence-electron chi connectivity index (χ1n) is 5.13. The standard InChI is InChI=1S/C11H19N3/c1-4-6-13-8-10-5-7-14(9(2)3)11(10)12/h5,7-9H,4,6,12H2,1-3H3/b13-8-. The maximum Gasteiger partial charge on any atom is 0.112 e. The fourth-order valence-electron chi connectivity index (χ4n) is 1.33. The molecule has 0 saturated heterocycles. The molecule has 0 aliphatic carbocycles. The van der Waals surface area contributed by atoms with Crippen LogP contribution in [0.3, 0.4) is 0 Å². The highest BCUT2D eigenvalue weighted by atomic mass is 15.1. The van der Waals surface area contributed by atoms with E-state index in [9.17, 15) is 0 Å². The topological polar surface area (TPSA) is 43.3 Å². The average Bonchev–Trinajstić information content (AvgIpc) is 2.48. The SMILES string of the molecule is CCC/N=C\c1ccn(C(C)C)c1N. The summed E-state index contributed by atoms with van der Waals surface area (Å²) in [5, 5.41) is 0. The van der Waals surface area contributed by atoms with E-state index >= 15 is 0 Å². The summed E-state index contributed by atoms with van der Waals surface area (Å²) in [6.45, 7) is 7.21. The van der Waals surface area contributed by atoms with Gasteiger partial charge < -0.3 is 10.3 Å². The van der Waals surface area contributed by atoms with Crippen LogP contribution in [0.15, 0.2) is 17.3 Å². The first-order chi connectivity index (χ1) is 6.66. The van der Waals surface area contributed by atoms with Gasteiger partial charge in [0.15, 0.2) is 0 Å². The second-order valence-electron chi connectivity index (χ2n) is 3.69. The molecule has 3 nitrogen and oxygen atoms in total. The van der Waals surface area contributed by atoms with Gasteiger partial charge in [-0.05, 0) is 26.3 Å². The monoisotopic (exact) mass is 193 g/mol. The molecule has 0 spiro atoms. The second-order valence-corrected chi connectivity index (χ2v) is 3.69. The second kappa shape index (κ2) is 4.84. The van der Waals surface area contributed by atoms with Gasteiger partial charge in [0.1, 0.15) is 5.82 Å². The van der Waals surface area contributed by atoms with Gasteiger partial charge in [0.05, 0.1) is 0 Å². The van der Waals surface area contributed by atoms with E-state index in [1.165, 1.54) is 0 Å². The van der Waals surface area contributed by atoms with Crippen molar-refractivity contribution in [3.8, 4) is 0 Å². The lowest BCUT2D eigenvalue weighted by atomic mass is 10.3. The van der Waals surface area contributed by atoms with Crippen LogP contribution in [-0.4, -0.2) is 17.3 Å². The van der Waals surface area contributed by atoms with E-state index in [0.717, 1.165) is 24.3 Å². The Hall–Kier alpha value is -1.25. The summed E-state index contributed by atoms with van der Waals surface area (Å²) in [7, 11) is 0. The summed E-state index contributed by atoms with van der Waals surface area (Å²) >= 11 is 0. The Morgan fingerprint density at radius 2 is 2.29 bits per heavy atom. The molecule has 0 fully saturated rings. The Bertz CT molecular complexity index is 310. The molecule has 1 heterocycles. The quantitative estimate of drug-likeness (QED) is 0.733. The average molecular weight is 193 g/mol. The molecule has 0 radical (unpaired) electrons. The Morgan fingerprint density at radius 1 is 1.57 bits per heavy atom. The van der Waals surface area contributed by atoms with Crippen molar-refractivity contribution in [2.45, 2.75) is 33.2 Å². The van der Waals surface area contributed by atoms with Crippen molar-refractivity contribution >= 4 is 12.0 Å². The van der Waals surface area contributed by atoms with Crippen molar-refractivity contribution in [2.24, 2.45) is 4.99 Å². The van der Waals surface area contributed by atoms with Crippen LogP contribution in [0.2, 0.25) is 0 Å². The first-order valence-corrected chi connectivity index (χ1v) is 5.13. The van der Waals surface area contributed by atoms with E-state index < -0.39 is 0 Å². The van der Waals surface area contributed by atoms with Crippen LogP contribution in [0.4, 0.5) is 5.82 Å². The molecule has 1 aromatic rings. The van der Waals surface area contributed by atoms with Crippen LogP contribution >= 0.6 is 0 Å². The third-order valence-corrected chi connectivity index (χ3v) is 2.13. The molecule has 0 aliphatic heterocycles. The van der Waals surface area contributed by atoms with E-state index in [4.69, 9.17) is 5.73 Å². The lowest BCUT2D eigenvalue weighted by Gasteiger charge is -2.09. The van der Waals surface area contributed by atoms with Crippen LogP contribution < -0.4 is 5.73 Å². The molecule has 0 bridgehead atoms. The van der Waals surface area contributed by atoms with Crippen molar-refractivity contribution in [3.05, 3.63) is 17.8 Å². The summed E-state index contributed by atoms with van der Waals surface area (Å²) < 4.78 is 2.05. The van der Waals surface area contributed by atoms with Crippen molar-refractivity contribution in [1.82, 2.24) is 4.57 Å². The highest BCUT2D eigenvalue weighted by Gasteiger charge is 2.05. The molecule has 2 N–H and O–H groups in total. The molecule has 0 aromatic carbocycles. The zero-order valence-corrected chi connectivity index (χ0v) is 9.20. The third-order valence-electron chi connectivity index (χ3n) is 2.13. The Balaban J connectivity index is 2.79. The number of aliphatic imine (C=N–C) groups is 1. The van der Waals surface area contributed by atoms with Crippen molar-refractivity contribution in [1.29, 1.82) is 0 Å². The summed E-state index contributed by atoms with van der Waals surface area (Å²) in [5.41, 5.74) is 6.98. The fourth-order valence-corrected chi connectivity index (χ4v) is 1.33. The number of nitrogens with two attached hydrogens (primary N) is 1. The molecule has 0 saturated carbocycles. The number of anilines is 1. The molecular weight excluding hydrogens is 174 g/mol. The Morgan fingerprint density at radius 3 is 2.79 bits per heavy atom. The van der Waals surface area contributed by atoms with Gasteiger partial charge in [0.2, 0.25) is 0 Å². The fraction of sp³-hybridized carbons (Fsp3) is 0.545. The van der Waals surface area contributed by atoms with Gasteiger partial charge in [0, 0.05) is 30.6 Å². The van der Waals surface area contributed by atoms with Gasteiger partial charge in [-0.3, -0.25) is 4.99 Å². The number of nitrogen functional groups attached to an aromatic ring is 1. The summed E-state index contributed by atoms with van der Waals surface area (Å²) in [6.07, 6.45) is 4.94. The molecule has 0 aliphatic rings. The predicted octanol–water partition coefficient (Wildman–Crippen LogP) is 2.48. The van der Waals surface area contributed by atoms with Gasteiger partial charge in [-0.15, -0.1) is 0 Å². The molecule has 0 unspecified atom stereocenters. The van der Waals surface area contributed by atoms with Crippen molar-refractivity contribution in [2.75, 3.05) is 12.3 Å². The molecule has 3 heteroatoms. The minimum absolute atomic E-state index is 0.406. The zero-order chi connectivity index (χ0) is 10.6. The van der Waals surface area contributed by atoms with Crippen LogP contribution in [0.25, 0.3) is 0 Å². The van der Waals surface area contributed by atoms with Gasteiger partial charge >= 0.3 is 0 Å². The maximum atomic E-state index is 5.96. The zero-order valence-electron chi connectivity index (χ0n) is 9.20. The smallest absolute Gasteiger partial charge is 0.112 e. The van der Waals surface area contributed by atoms with E-state index in [2.05, 4.69) is 25.8 Å². The molecule has 1 aromatic heterocycles. The molecular formula is C11H19N3. The Labute approximate surface area is 85.6 Å². The van der Waals surface area contributed by atoms with Gasteiger partial charge in [-0.1, -0.05) is 6.92 Å². The number of hydrogen-bond acceptors (Lipinski definition) is 2. The third kappa shape index (κ3) is 2.37. The van der Waals surface area contributed by atoms with E-state index in [1.807, 2.05) is 23.0 Å². The lowest BCUT2D eigenvalue weighted by Crippen LogP contribution is -2.04. The number of hydrogen-bond donors (Lipinski definition) is 1. The normalized spacial score (nSPS) is 11.7. The lowest BCUT2D eigenvalue weighted by molar-refractivity contribution is 0.612. The first kappa shape index (κ1) is 10.8. The minimum Gasteiger partial charge on any atom is -0.385 e. The van der Waals surface area contributed by atoms with Gasteiger partial charge in [0.25, 0.3) is 0 Å². The van der Waals surface area contributed by atoms with Gasteiger partial charge in [-0.25, -0.2) is 0 Å². The summed E-state index contributed by atoms with van der Waals surface area (Å²) in [6, 6.07) is 2.41. The van der Waals surface area contributed by atoms with Crippen LogP contribution in [-0.2, 0) is 0 Å². The van der Waals surface area contributed by atoms with Gasteiger partial charge in [-0.2, -0.15) is 0 Å². The molecule has 14 heavy (non-hydrogen) atoms. The van der Waals surface area contributed by atoms with Crippen molar-refractivity contribution in [3.63, 3.8) is 0 Å². The maximum absolute atomic E-state index is 5.96. The summed E-state index contributed by atoms with van der Waals surface area (Å²) in [5.74, 6) is 0.805. The van der Waals surface area contributed by atoms with Crippen LogP contribution in [0, 0.1) is 0 Å². The molecule has 0 amide bonds. The molecule has 1 rings (SSSR count). The van der Waals surface area contributed by atoms with E-state index in [0.29, 0.717) is 6.04 Å². The van der Waals surface area contributed by atoms with Crippen molar-refractivity contribution < 1.29 is 0 Å².